The number of morpholine rings is 1. The Hall–Kier alpha value is -1.21. The van der Waals surface area contributed by atoms with E-state index < -0.39 is 5.60 Å². The largest absolute Gasteiger partial charge is 0.431 e. The molecule has 0 aromatic carbocycles. The molecule has 6 rings (SSSR count). The maximum atomic E-state index is 12.4. The van der Waals surface area contributed by atoms with Gasteiger partial charge in [0.25, 0.3) is 0 Å². The Labute approximate surface area is 216 Å². The molecule has 0 radical (unpaired) electrons. The van der Waals surface area contributed by atoms with Gasteiger partial charge in [0.1, 0.15) is 0 Å². The Morgan fingerprint density at radius 3 is 2.64 bits per heavy atom. The minimum Gasteiger partial charge on any atom is -0.431 e. The van der Waals surface area contributed by atoms with Crippen LogP contribution in [-0.4, -0.2) is 61.0 Å². The summed E-state index contributed by atoms with van der Waals surface area (Å²) in [4.78, 5) is 14.1. The van der Waals surface area contributed by atoms with Gasteiger partial charge in [-0.05, 0) is 98.5 Å². The maximum absolute atomic E-state index is 12.4. The zero-order valence-corrected chi connectivity index (χ0v) is 22.3. The number of nitrogens with zero attached hydrogens (tertiary/aromatic N) is 1. The number of hydrogen-bond acceptors (Lipinski definition) is 6. The summed E-state index contributed by atoms with van der Waals surface area (Å²) in [6.45, 7) is 11.0. The van der Waals surface area contributed by atoms with E-state index in [9.17, 15) is 9.90 Å². The van der Waals surface area contributed by atoms with Gasteiger partial charge >= 0.3 is 5.63 Å². The van der Waals surface area contributed by atoms with Gasteiger partial charge in [0.15, 0.2) is 0 Å². The average Bonchev–Trinajstić information content (AvgIpc) is 3.16. The summed E-state index contributed by atoms with van der Waals surface area (Å²) in [5.41, 5.74) is 0.390. The molecule has 1 aromatic rings. The lowest BCUT2D eigenvalue weighted by Crippen LogP contribution is -2.62. The van der Waals surface area contributed by atoms with Crippen molar-refractivity contribution in [1.82, 2.24) is 10.2 Å². The van der Waals surface area contributed by atoms with Gasteiger partial charge in [-0.15, -0.1) is 0 Å². The second-order valence-electron chi connectivity index (χ2n) is 13.2. The summed E-state index contributed by atoms with van der Waals surface area (Å²) < 4.78 is 10.7. The van der Waals surface area contributed by atoms with Crippen LogP contribution >= 0.6 is 0 Å². The molecule has 36 heavy (non-hydrogen) atoms. The summed E-state index contributed by atoms with van der Waals surface area (Å²) >= 11 is 0. The molecule has 4 saturated carbocycles. The topological polar surface area (TPSA) is 74.9 Å². The van der Waals surface area contributed by atoms with Gasteiger partial charge in [0.2, 0.25) is 0 Å². The van der Waals surface area contributed by atoms with E-state index in [1.165, 1.54) is 32.1 Å². The van der Waals surface area contributed by atoms with Crippen LogP contribution in [0.5, 0.6) is 0 Å². The predicted molar refractivity (Wildman–Crippen MR) is 140 cm³/mol. The highest BCUT2D eigenvalue weighted by Gasteiger charge is 2.67. The van der Waals surface area contributed by atoms with Crippen molar-refractivity contribution in [3.8, 4) is 0 Å². The van der Waals surface area contributed by atoms with Gasteiger partial charge in [-0.3, -0.25) is 4.90 Å². The maximum Gasteiger partial charge on any atom is 0.335 e. The van der Waals surface area contributed by atoms with Gasteiger partial charge in [-0.25, -0.2) is 4.79 Å². The van der Waals surface area contributed by atoms with E-state index in [0.29, 0.717) is 23.3 Å². The Morgan fingerprint density at radius 2 is 1.86 bits per heavy atom. The first-order valence-corrected chi connectivity index (χ1v) is 14.7. The second kappa shape index (κ2) is 9.52. The number of aliphatic hydroxyl groups is 1. The van der Waals surface area contributed by atoms with Crippen LogP contribution in [0.25, 0.3) is 0 Å². The molecule has 200 valence electrons. The molecule has 0 spiro atoms. The minimum atomic E-state index is -0.613. The highest BCUT2D eigenvalue weighted by atomic mass is 16.5. The first-order valence-electron chi connectivity index (χ1n) is 14.7. The Kier molecular flexibility index (Phi) is 6.63. The molecule has 1 aromatic heterocycles. The summed E-state index contributed by atoms with van der Waals surface area (Å²) in [5.74, 6) is 2.05. The lowest BCUT2D eigenvalue weighted by molar-refractivity contribution is -0.202. The molecule has 1 saturated heterocycles. The molecule has 4 aliphatic carbocycles. The minimum absolute atomic E-state index is 0.143. The molecule has 6 nitrogen and oxygen atoms in total. The Balaban J connectivity index is 1.12. The molecule has 2 N–H and O–H groups in total. The third-order valence-electron chi connectivity index (χ3n) is 11.9. The number of fused-ring (bicyclic) bond motifs is 5. The van der Waals surface area contributed by atoms with Crippen LogP contribution in [-0.2, 0) is 4.74 Å². The van der Waals surface area contributed by atoms with Crippen LogP contribution in [0.4, 0.5) is 0 Å². The van der Waals surface area contributed by atoms with Crippen LogP contribution in [0.1, 0.15) is 83.1 Å². The van der Waals surface area contributed by atoms with Crippen molar-refractivity contribution in [3.05, 3.63) is 34.4 Å². The molecule has 0 amide bonds. The molecular weight excluding hydrogens is 452 g/mol. The van der Waals surface area contributed by atoms with E-state index in [0.717, 1.165) is 76.6 Å². The quantitative estimate of drug-likeness (QED) is 0.635. The fourth-order valence-electron chi connectivity index (χ4n) is 9.76. The van der Waals surface area contributed by atoms with Crippen LogP contribution in [0, 0.1) is 28.6 Å². The SMILES string of the molecule is CC12CCC(NCCN3CCOCC3)CC1CCC1C2CCC2(C)C(c3ccc(=O)oc3)CCC12O. The van der Waals surface area contributed by atoms with E-state index in [4.69, 9.17) is 9.15 Å². The van der Waals surface area contributed by atoms with E-state index in [1.807, 2.05) is 6.07 Å². The highest BCUT2D eigenvalue weighted by Crippen LogP contribution is 2.70. The standard InChI is InChI=1S/C30H46N2O4/c1-28-10-7-23(31-13-14-32-15-17-35-18-16-32)19-22(28)4-5-26-25(28)8-11-29(2)24(9-12-30(26,29)34)21-3-6-27(33)36-20-21/h3,6,20,22-26,31,34H,4-5,7-19H2,1-2H3. The van der Waals surface area contributed by atoms with Crippen molar-refractivity contribution in [3.63, 3.8) is 0 Å². The second-order valence-corrected chi connectivity index (χ2v) is 13.2. The smallest absolute Gasteiger partial charge is 0.335 e. The lowest BCUT2D eigenvalue weighted by Gasteiger charge is -2.64. The van der Waals surface area contributed by atoms with Gasteiger partial charge < -0.3 is 19.6 Å². The molecule has 1 aliphatic heterocycles. The molecule has 5 aliphatic rings. The third kappa shape index (κ3) is 4.02. The van der Waals surface area contributed by atoms with Crippen molar-refractivity contribution in [1.29, 1.82) is 0 Å². The van der Waals surface area contributed by atoms with Crippen molar-refractivity contribution in [2.45, 2.75) is 89.2 Å². The molecule has 8 atom stereocenters. The number of rotatable bonds is 5. The van der Waals surface area contributed by atoms with Gasteiger partial charge in [-0.2, -0.15) is 0 Å². The van der Waals surface area contributed by atoms with Crippen molar-refractivity contribution >= 4 is 0 Å². The molecular formula is C30H46N2O4. The first-order chi connectivity index (χ1) is 17.3. The summed E-state index contributed by atoms with van der Waals surface area (Å²) in [5, 5.41) is 16.3. The fraction of sp³-hybridized carbons (Fsp3) is 0.833. The van der Waals surface area contributed by atoms with Crippen LogP contribution in [0.3, 0.4) is 0 Å². The third-order valence-corrected chi connectivity index (χ3v) is 11.9. The molecule has 6 heteroatoms. The van der Waals surface area contributed by atoms with E-state index in [-0.39, 0.29) is 17.0 Å². The monoisotopic (exact) mass is 498 g/mol. The van der Waals surface area contributed by atoms with Crippen LogP contribution in [0.2, 0.25) is 0 Å². The average molecular weight is 499 g/mol. The number of hydrogen-bond donors (Lipinski definition) is 2. The zero-order chi connectivity index (χ0) is 25.0. The Morgan fingerprint density at radius 1 is 1.03 bits per heavy atom. The number of ether oxygens (including phenoxy) is 1. The van der Waals surface area contributed by atoms with E-state index in [2.05, 4.69) is 24.1 Å². The fourth-order valence-corrected chi connectivity index (χ4v) is 9.76. The summed E-state index contributed by atoms with van der Waals surface area (Å²) in [7, 11) is 0. The van der Waals surface area contributed by atoms with Gasteiger partial charge in [-0.1, -0.05) is 13.8 Å². The highest BCUT2D eigenvalue weighted by molar-refractivity contribution is 5.27. The Bertz CT molecular complexity index is 971. The van der Waals surface area contributed by atoms with E-state index >= 15 is 0 Å². The molecule has 5 fully saturated rings. The van der Waals surface area contributed by atoms with Crippen molar-refractivity contribution in [2.24, 2.45) is 28.6 Å². The van der Waals surface area contributed by atoms with Gasteiger partial charge in [0, 0.05) is 43.7 Å². The van der Waals surface area contributed by atoms with E-state index in [1.54, 1.807) is 12.3 Å². The summed E-state index contributed by atoms with van der Waals surface area (Å²) in [6.07, 6.45) is 12.1. The first kappa shape index (κ1) is 25.1. The molecule has 2 heterocycles. The van der Waals surface area contributed by atoms with Crippen molar-refractivity contribution < 1.29 is 14.3 Å². The lowest BCUT2D eigenvalue weighted by atomic mass is 9.43. The normalized spacial score (nSPS) is 45.0. The van der Waals surface area contributed by atoms with Gasteiger partial charge in [0.05, 0.1) is 25.1 Å². The number of nitrogens with one attached hydrogen (secondary N) is 1. The molecule has 8 unspecified atom stereocenters. The molecule has 0 bridgehead atoms. The predicted octanol–water partition coefficient (Wildman–Crippen LogP) is 4.17. The zero-order valence-electron chi connectivity index (χ0n) is 22.3. The summed E-state index contributed by atoms with van der Waals surface area (Å²) in [6, 6.07) is 4.12. The van der Waals surface area contributed by atoms with Crippen molar-refractivity contribution in [2.75, 3.05) is 39.4 Å². The van der Waals surface area contributed by atoms with Crippen LogP contribution < -0.4 is 10.9 Å². The van der Waals surface area contributed by atoms with Crippen LogP contribution in [0.15, 0.2) is 27.6 Å².